The molecule has 1 N–H and O–H groups in total. The van der Waals surface area contributed by atoms with Crippen molar-refractivity contribution in [2.24, 2.45) is 5.92 Å². The van der Waals surface area contributed by atoms with E-state index in [9.17, 15) is 19.2 Å². The maximum atomic E-state index is 13.3. The fraction of sp³-hybridized carbons (Fsp3) is 0.562. The molecule has 2 aromatic rings. The number of amides is 3. The third-order valence-corrected chi connectivity index (χ3v) is 7.18. The predicted octanol–water partition coefficient (Wildman–Crippen LogP) is 3.23. The first-order chi connectivity index (χ1) is 20.9. The van der Waals surface area contributed by atoms with Gasteiger partial charge in [-0.25, -0.2) is 4.79 Å². The highest BCUT2D eigenvalue weighted by atomic mass is 16.6. The number of nitrogens with one attached hydrogen (secondary N) is 1. The third kappa shape index (κ3) is 10.7. The Kier molecular flexibility index (Phi) is 12.8. The van der Waals surface area contributed by atoms with Gasteiger partial charge in [0.2, 0.25) is 11.8 Å². The zero-order valence-electron chi connectivity index (χ0n) is 26.6. The van der Waals surface area contributed by atoms with Crippen molar-refractivity contribution in [2.45, 2.75) is 58.9 Å². The number of hydrogen-bond acceptors (Lipinski definition) is 9. The van der Waals surface area contributed by atoms with E-state index in [1.807, 2.05) is 37.3 Å². The lowest BCUT2D eigenvalue weighted by Gasteiger charge is -2.35. The molecule has 242 valence electrons. The average molecular weight is 615 g/mol. The second-order valence-corrected chi connectivity index (χ2v) is 12.0. The SMILES string of the molecule is C[C@H](COCC(=O)N1CCN(C(=O)OCc2ccccc2)CC1)[C@@H](c1ccco1)N(C)C(=O)[C@@H](C)NCC(=O)OC(C)(C)C. The smallest absolute Gasteiger partial charge is 0.410 e. The molecule has 12 heteroatoms. The molecule has 1 aliphatic rings. The Morgan fingerprint density at radius 2 is 1.64 bits per heavy atom. The van der Waals surface area contributed by atoms with E-state index < -0.39 is 29.7 Å². The highest BCUT2D eigenvalue weighted by molar-refractivity contribution is 5.82. The molecule has 1 aromatic carbocycles. The highest BCUT2D eigenvalue weighted by Crippen LogP contribution is 2.29. The summed E-state index contributed by atoms with van der Waals surface area (Å²) in [5.41, 5.74) is 0.296. The van der Waals surface area contributed by atoms with Crippen molar-refractivity contribution in [2.75, 3.05) is 53.0 Å². The number of piperazine rings is 1. The first-order valence-electron chi connectivity index (χ1n) is 14.9. The van der Waals surface area contributed by atoms with Gasteiger partial charge in [0.1, 0.15) is 24.6 Å². The van der Waals surface area contributed by atoms with E-state index in [2.05, 4.69) is 5.32 Å². The summed E-state index contributed by atoms with van der Waals surface area (Å²) in [6.45, 7) is 10.6. The summed E-state index contributed by atoms with van der Waals surface area (Å²) < 4.78 is 22.2. The van der Waals surface area contributed by atoms with Crippen LogP contribution in [0.1, 0.15) is 52.0 Å². The maximum absolute atomic E-state index is 13.3. The van der Waals surface area contributed by atoms with Crippen LogP contribution in [-0.4, -0.2) is 103 Å². The molecule has 1 fully saturated rings. The maximum Gasteiger partial charge on any atom is 0.410 e. The fourth-order valence-electron chi connectivity index (χ4n) is 4.92. The van der Waals surface area contributed by atoms with E-state index in [1.54, 1.807) is 67.8 Å². The molecule has 0 bridgehead atoms. The molecule has 44 heavy (non-hydrogen) atoms. The lowest BCUT2D eigenvalue weighted by Crippen LogP contribution is -2.51. The molecular weight excluding hydrogens is 568 g/mol. The van der Waals surface area contributed by atoms with Crippen molar-refractivity contribution < 1.29 is 37.8 Å². The molecule has 3 atom stereocenters. The quantitative estimate of drug-likeness (QED) is 0.338. The number of hydrogen-bond donors (Lipinski definition) is 1. The summed E-state index contributed by atoms with van der Waals surface area (Å²) in [6, 6.07) is 11.9. The molecule has 0 radical (unpaired) electrons. The van der Waals surface area contributed by atoms with Gasteiger partial charge in [-0.3, -0.25) is 19.7 Å². The van der Waals surface area contributed by atoms with Gasteiger partial charge in [0.25, 0.3) is 0 Å². The van der Waals surface area contributed by atoms with Crippen LogP contribution in [0.25, 0.3) is 0 Å². The van der Waals surface area contributed by atoms with E-state index in [4.69, 9.17) is 18.6 Å². The molecule has 12 nitrogen and oxygen atoms in total. The van der Waals surface area contributed by atoms with Crippen LogP contribution in [0, 0.1) is 5.92 Å². The second-order valence-electron chi connectivity index (χ2n) is 12.0. The Morgan fingerprint density at radius 3 is 2.25 bits per heavy atom. The topological polar surface area (TPSA) is 131 Å². The van der Waals surface area contributed by atoms with Crippen LogP contribution >= 0.6 is 0 Å². The van der Waals surface area contributed by atoms with Crippen LogP contribution in [0.3, 0.4) is 0 Å². The zero-order chi connectivity index (χ0) is 32.3. The first kappa shape index (κ1) is 34.6. The minimum absolute atomic E-state index is 0.104. The minimum Gasteiger partial charge on any atom is -0.467 e. The summed E-state index contributed by atoms with van der Waals surface area (Å²) in [6.07, 6.45) is 1.14. The lowest BCUT2D eigenvalue weighted by atomic mass is 9.98. The lowest BCUT2D eigenvalue weighted by molar-refractivity contribution is -0.154. The Labute approximate surface area is 259 Å². The molecule has 0 aliphatic carbocycles. The van der Waals surface area contributed by atoms with Gasteiger partial charge in [-0.2, -0.15) is 0 Å². The van der Waals surface area contributed by atoms with Crippen molar-refractivity contribution in [3.8, 4) is 0 Å². The van der Waals surface area contributed by atoms with E-state index in [0.29, 0.717) is 31.9 Å². The largest absolute Gasteiger partial charge is 0.467 e. The van der Waals surface area contributed by atoms with Gasteiger partial charge in [-0.15, -0.1) is 0 Å². The van der Waals surface area contributed by atoms with Crippen LogP contribution in [0.4, 0.5) is 4.79 Å². The number of ether oxygens (including phenoxy) is 3. The molecule has 0 unspecified atom stereocenters. The van der Waals surface area contributed by atoms with E-state index >= 15 is 0 Å². The number of benzene rings is 1. The van der Waals surface area contributed by atoms with Crippen molar-refractivity contribution in [1.82, 2.24) is 20.0 Å². The standard InChI is InChI=1S/C32H46N4O8/c1-23(29(26-13-10-18-42-26)34(6)30(39)24(2)33-19-28(38)44-32(3,4)5)20-41-22-27(37)35-14-16-36(17-15-35)31(40)43-21-25-11-8-7-9-12-25/h7-13,18,23-24,29,33H,14-17,19-22H2,1-6H3/t23-,24-,29+/m1/s1. The van der Waals surface area contributed by atoms with E-state index in [1.165, 1.54) is 0 Å². The molecule has 3 amide bonds. The molecule has 0 saturated carbocycles. The first-order valence-corrected chi connectivity index (χ1v) is 14.9. The van der Waals surface area contributed by atoms with Crippen LogP contribution in [-0.2, 0) is 35.2 Å². The molecule has 2 heterocycles. The molecule has 1 aliphatic heterocycles. The molecule has 1 saturated heterocycles. The van der Waals surface area contributed by atoms with Gasteiger partial charge in [0.15, 0.2) is 0 Å². The predicted molar refractivity (Wildman–Crippen MR) is 162 cm³/mol. The number of carbonyl (C=O) groups is 4. The van der Waals surface area contributed by atoms with Gasteiger partial charge < -0.3 is 33.3 Å². The average Bonchev–Trinajstić information content (AvgIpc) is 3.52. The summed E-state index contributed by atoms with van der Waals surface area (Å²) >= 11 is 0. The summed E-state index contributed by atoms with van der Waals surface area (Å²) in [5.74, 6) is -0.500. The monoisotopic (exact) mass is 614 g/mol. The minimum atomic E-state index is -0.658. The highest BCUT2D eigenvalue weighted by Gasteiger charge is 2.32. The van der Waals surface area contributed by atoms with Crippen LogP contribution in [0.15, 0.2) is 53.1 Å². The number of furan rings is 1. The molecule has 3 rings (SSSR count). The van der Waals surface area contributed by atoms with E-state index in [-0.39, 0.29) is 44.1 Å². The van der Waals surface area contributed by atoms with Crippen molar-refractivity contribution in [3.63, 3.8) is 0 Å². The van der Waals surface area contributed by atoms with Crippen LogP contribution < -0.4 is 5.32 Å². The van der Waals surface area contributed by atoms with Gasteiger partial charge >= 0.3 is 12.1 Å². The summed E-state index contributed by atoms with van der Waals surface area (Å²) in [7, 11) is 1.67. The number of likely N-dealkylation sites (N-methyl/N-ethyl adjacent to an activating group) is 1. The Bertz CT molecular complexity index is 1210. The summed E-state index contributed by atoms with van der Waals surface area (Å²) in [4.78, 5) is 55.5. The normalized spacial score (nSPS) is 15.7. The van der Waals surface area contributed by atoms with E-state index in [0.717, 1.165) is 5.56 Å². The van der Waals surface area contributed by atoms with Gasteiger partial charge in [0.05, 0.1) is 31.5 Å². The number of nitrogens with zero attached hydrogens (tertiary/aromatic N) is 3. The number of rotatable bonds is 13. The zero-order valence-corrected chi connectivity index (χ0v) is 26.6. The van der Waals surface area contributed by atoms with Gasteiger partial charge in [-0.1, -0.05) is 37.3 Å². The Hall–Kier alpha value is -3.90. The Morgan fingerprint density at radius 1 is 0.977 bits per heavy atom. The Balaban J connectivity index is 1.45. The van der Waals surface area contributed by atoms with Crippen LogP contribution in [0.2, 0.25) is 0 Å². The van der Waals surface area contributed by atoms with Crippen molar-refractivity contribution >= 4 is 23.9 Å². The molecule has 1 aromatic heterocycles. The van der Waals surface area contributed by atoms with Gasteiger partial charge in [-0.05, 0) is 45.4 Å². The molecular formula is C32H46N4O8. The van der Waals surface area contributed by atoms with Crippen molar-refractivity contribution in [1.29, 1.82) is 0 Å². The number of esters is 1. The number of carbonyl (C=O) groups excluding carboxylic acids is 4. The summed E-state index contributed by atoms with van der Waals surface area (Å²) in [5, 5.41) is 2.93. The molecule has 0 spiro atoms. The fourth-order valence-corrected chi connectivity index (χ4v) is 4.92. The van der Waals surface area contributed by atoms with Crippen molar-refractivity contribution in [3.05, 3.63) is 60.1 Å². The van der Waals surface area contributed by atoms with Crippen LogP contribution in [0.5, 0.6) is 0 Å². The van der Waals surface area contributed by atoms with Gasteiger partial charge in [0, 0.05) is 39.1 Å². The third-order valence-electron chi connectivity index (χ3n) is 7.18. The second kappa shape index (κ2) is 16.2.